The smallest absolute Gasteiger partial charge is 0.328 e. The SMILES string of the molecule is CCn1c(=O)c2c(ncn2C(C)CN)n(C(C)C)c1=O. The van der Waals surface area contributed by atoms with Crippen molar-refractivity contribution in [2.75, 3.05) is 6.54 Å². The topological polar surface area (TPSA) is 87.8 Å². The number of nitrogens with zero attached hydrogens (tertiary/aromatic N) is 4. The van der Waals surface area contributed by atoms with Gasteiger partial charge in [0.2, 0.25) is 0 Å². The Labute approximate surface area is 116 Å². The van der Waals surface area contributed by atoms with Gasteiger partial charge in [-0.3, -0.25) is 13.9 Å². The second-order valence-corrected chi connectivity index (χ2v) is 5.20. The van der Waals surface area contributed by atoms with Crippen molar-refractivity contribution in [1.82, 2.24) is 18.7 Å². The van der Waals surface area contributed by atoms with Gasteiger partial charge in [0.05, 0.1) is 6.33 Å². The van der Waals surface area contributed by atoms with Crippen molar-refractivity contribution >= 4 is 11.2 Å². The molecule has 0 aromatic carbocycles. The van der Waals surface area contributed by atoms with Gasteiger partial charge >= 0.3 is 5.69 Å². The molecule has 1 unspecified atom stereocenters. The Hall–Kier alpha value is -1.89. The molecule has 2 aromatic rings. The van der Waals surface area contributed by atoms with Crippen molar-refractivity contribution in [2.45, 2.75) is 46.3 Å². The molecule has 0 spiro atoms. The highest BCUT2D eigenvalue weighted by atomic mass is 16.2. The molecular formula is C13H21N5O2. The van der Waals surface area contributed by atoms with E-state index in [1.54, 1.807) is 22.4 Å². The molecule has 0 fully saturated rings. The Morgan fingerprint density at radius 2 is 1.95 bits per heavy atom. The highest BCUT2D eigenvalue weighted by Crippen LogP contribution is 2.15. The second kappa shape index (κ2) is 5.24. The molecule has 1 atom stereocenters. The maximum atomic E-state index is 12.5. The summed E-state index contributed by atoms with van der Waals surface area (Å²) in [6.07, 6.45) is 1.59. The highest BCUT2D eigenvalue weighted by molar-refractivity contribution is 5.70. The lowest BCUT2D eigenvalue weighted by Gasteiger charge is -2.15. The maximum absolute atomic E-state index is 12.5. The van der Waals surface area contributed by atoms with Crippen LogP contribution in [0.4, 0.5) is 0 Å². The first-order valence-corrected chi connectivity index (χ1v) is 6.85. The summed E-state index contributed by atoms with van der Waals surface area (Å²) in [5.74, 6) is 0. The quantitative estimate of drug-likeness (QED) is 0.881. The van der Waals surface area contributed by atoms with Crippen LogP contribution in [0.3, 0.4) is 0 Å². The monoisotopic (exact) mass is 279 g/mol. The summed E-state index contributed by atoms with van der Waals surface area (Å²) in [4.78, 5) is 29.1. The summed E-state index contributed by atoms with van der Waals surface area (Å²) in [6, 6.07) is -0.115. The minimum atomic E-state index is -0.314. The Morgan fingerprint density at radius 1 is 1.30 bits per heavy atom. The highest BCUT2D eigenvalue weighted by Gasteiger charge is 2.20. The van der Waals surface area contributed by atoms with E-state index in [1.807, 2.05) is 20.8 Å². The predicted molar refractivity (Wildman–Crippen MR) is 78.1 cm³/mol. The van der Waals surface area contributed by atoms with E-state index in [2.05, 4.69) is 4.98 Å². The molecule has 7 nitrogen and oxygen atoms in total. The third-order valence-electron chi connectivity index (χ3n) is 3.54. The summed E-state index contributed by atoms with van der Waals surface area (Å²) in [5, 5.41) is 0. The van der Waals surface area contributed by atoms with Crippen LogP contribution >= 0.6 is 0 Å². The van der Waals surface area contributed by atoms with Gasteiger partial charge in [0.25, 0.3) is 5.56 Å². The van der Waals surface area contributed by atoms with E-state index in [0.29, 0.717) is 24.3 Å². The van der Waals surface area contributed by atoms with Crippen LogP contribution in [0.5, 0.6) is 0 Å². The molecule has 2 aromatic heterocycles. The number of imidazole rings is 1. The molecule has 0 radical (unpaired) electrons. The number of hydrogen-bond donors (Lipinski definition) is 1. The Kier molecular flexibility index (Phi) is 3.80. The van der Waals surface area contributed by atoms with Gasteiger partial charge in [-0.25, -0.2) is 9.78 Å². The van der Waals surface area contributed by atoms with E-state index in [9.17, 15) is 9.59 Å². The van der Waals surface area contributed by atoms with E-state index in [-0.39, 0.29) is 23.3 Å². The molecular weight excluding hydrogens is 258 g/mol. The van der Waals surface area contributed by atoms with Crippen molar-refractivity contribution in [3.8, 4) is 0 Å². The van der Waals surface area contributed by atoms with Crippen LogP contribution < -0.4 is 17.0 Å². The van der Waals surface area contributed by atoms with Gasteiger partial charge in [0.1, 0.15) is 0 Å². The zero-order chi connectivity index (χ0) is 15.0. The molecule has 2 rings (SSSR count). The fourth-order valence-corrected chi connectivity index (χ4v) is 2.36. The molecule has 0 saturated heterocycles. The molecule has 0 bridgehead atoms. The number of aromatic nitrogens is 4. The standard InChI is InChI=1S/C13H21N5O2/c1-5-16-12(19)10-11(18(8(2)3)13(16)20)15-7-17(10)9(4)6-14/h7-9H,5-6,14H2,1-4H3. The molecule has 0 amide bonds. The van der Waals surface area contributed by atoms with Gasteiger partial charge < -0.3 is 10.3 Å². The Bertz CT molecular complexity index is 738. The van der Waals surface area contributed by atoms with Crippen molar-refractivity contribution < 1.29 is 0 Å². The van der Waals surface area contributed by atoms with Crippen LogP contribution in [0, 0.1) is 0 Å². The molecule has 110 valence electrons. The molecule has 20 heavy (non-hydrogen) atoms. The maximum Gasteiger partial charge on any atom is 0.332 e. The summed E-state index contributed by atoms with van der Waals surface area (Å²) < 4.78 is 4.55. The van der Waals surface area contributed by atoms with Crippen LogP contribution in [0.15, 0.2) is 15.9 Å². The first-order valence-electron chi connectivity index (χ1n) is 6.85. The van der Waals surface area contributed by atoms with Gasteiger partial charge in [-0.15, -0.1) is 0 Å². The van der Waals surface area contributed by atoms with Gasteiger partial charge in [-0.2, -0.15) is 0 Å². The third-order valence-corrected chi connectivity index (χ3v) is 3.54. The largest absolute Gasteiger partial charge is 0.332 e. The first kappa shape index (κ1) is 14.5. The molecule has 0 aliphatic heterocycles. The number of rotatable bonds is 4. The van der Waals surface area contributed by atoms with E-state index in [0.717, 1.165) is 0 Å². The summed E-state index contributed by atoms with van der Waals surface area (Å²) in [6.45, 7) is 8.24. The van der Waals surface area contributed by atoms with Crippen LogP contribution in [0.2, 0.25) is 0 Å². The van der Waals surface area contributed by atoms with Gasteiger partial charge in [-0.1, -0.05) is 0 Å². The molecule has 2 N–H and O–H groups in total. The van der Waals surface area contributed by atoms with E-state index >= 15 is 0 Å². The predicted octanol–water partition coefficient (Wildman–Crippen LogP) is 0.480. The van der Waals surface area contributed by atoms with E-state index in [4.69, 9.17) is 5.73 Å². The van der Waals surface area contributed by atoms with Gasteiger partial charge in [0, 0.05) is 25.2 Å². The minimum Gasteiger partial charge on any atom is -0.328 e. The third kappa shape index (κ3) is 1.98. The average Bonchev–Trinajstić information content (AvgIpc) is 2.82. The van der Waals surface area contributed by atoms with Crippen LogP contribution in [-0.4, -0.2) is 25.2 Å². The fraction of sp³-hybridized carbons (Fsp3) is 0.615. The first-order chi connectivity index (χ1) is 9.43. The van der Waals surface area contributed by atoms with Crippen molar-refractivity contribution in [1.29, 1.82) is 0 Å². The fourth-order valence-electron chi connectivity index (χ4n) is 2.36. The molecule has 0 saturated carbocycles. The molecule has 7 heteroatoms. The second-order valence-electron chi connectivity index (χ2n) is 5.20. The number of nitrogens with two attached hydrogens (primary N) is 1. The molecule has 0 aliphatic rings. The van der Waals surface area contributed by atoms with Crippen molar-refractivity contribution in [3.05, 3.63) is 27.2 Å². The summed E-state index contributed by atoms with van der Waals surface area (Å²) >= 11 is 0. The van der Waals surface area contributed by atoms with Crippen LogP contribution in [0.25, 0.3) is 11.2 Å². The van der Waals surface area contributed by atoms with E-state index < -0.39 is 0 Å². The average molecular weight is 279 g/mol. The van der Waals surface area contributed by atoms with Gasteiger partial charge in [-0.05, 0) is 27.7 Å². The lowest BCUT2D eigenvalue weighted by atomic mass is 10.3. The van der Waals surface area contributed by atoms with Crippen LogP contribution in [0.1, 0.15) is 39.8 Å². The lowest BCUT2D eigenvalue weighted by molar-refractivity contribution is 0.528. The zero-order valence-electron chi connectivity index (χ0n) is 12.3. The van der Waals surface area contributed by atoms with E-state index in [1.165, 1.54) is 4.57 Å². The number of fused-ring (bicyclic) bond motifs is 1. The molecule has 2 heterocycles. The Balaban J connectivity index is 2.98. The number of hydrogen-bond acceptors (Lipinski definition) is 4. The van der Waals surface area contributed by atoms with Crippen LogP contribution in [-0.2, 0) is 6.54 Å². The lowest BCUT2D eigenvalue weighted by Crippen LogP contribution is -2.41. The zero-order valence-corrected chi connectivity index (χ0v) is 12.3. The Morgan fingerprint density at radius 3 is 2.45 bits per heavy atom. The normalized spacial score (nSPS) is 13.3. The van der Waals surface area contributed by atoms with Crippen molar-refractivity contribution in [3.63, 3.8) is 0 Å². The molecule has 0 aliphatic carbocycles. The minimum absolute atomic E-state index is 0.0453. The van der Waals surface area contributed by atoms with Gasteiger partial charge in [0.15, 0.2) is 11.2 Å². The summed E-state index contributed by atoms with van der Waals surface area (Å²) in [7, 11) is 0. The van der Waals surface area contributed by atoms with Crippen molar-refractivity contribution in [2.24, 2.45) is 5.73 Å². The summed E-state index contributed by atoms with van der Waals surface area (Å²) in [5.41, 5.74) is 5.93.